The van der Waals surface area contributed by atoms with E-state index in [4.69, 9.17) is 9.94 Å². The molecule has 1 aliphatic rings. The first-order valence-corrected chi connectivity index (χ1v) is 2.91. The van der Waals surface area contributed by atoms with Gasteiger partial charge in [-0.2, -0.15) is 0 Å². The monoisotopic (exact) mass is 127 g/mol. The van der Waals surface area contributed by atoms with Crippen molar-refractivity contribution in [3.05, 3.63) is 11.8 Å². The van der Waals surface area contributed by atoms with Crippen LogP contribution in [0.4, 0.5) is 0 Å². The van der Waals surface area contributed by atoms with Gasteiger partial charge >= 0.3 is 0 Å². The minimum atomic E-state index is 0.781. The summed E-state index contributed by atoms with van der Waals surface area (Å²) in [6.07, 6.45) is 4.99. The third-order valence-electron chi connectivity index (χ3n) is 1.19. The summed E-state index contributed by atoms with van der Waals surface area (Å²) in [7, 11) is 0. The lowest BCUT2D eigenvalue weighted by atomic mass is 10.1. The van der Waals surface area contributed by atoms with Crippen LogP contribution in [0.15, 0.2) is 17.0 Å². The molecule has 0 bridgehead atoms. The number of nitrogens with zero attached hydrogens (tertiary/aromatic N) is 1. The fraction of sp³-hybridized carbons (Fsp3) is 0.500. The molecule has 0 aromatic carbocycles. The zero-order valence-electron chi connectivity index (χ0n) is 5.08. The molecule has 0 radical (unpaired) electrons. The van der Waals surface area contributed by atoms with Crippen molar-refractivity contribution in [2.45, 2.75) is 12.8 Å². The second-order valence-corrected chi connectivity index (χ2v) is 1.91. The molecule has 0 aromatic rings. The summed E-state index contributed by atoms with van der Waals surface area (Å²) in [5.74, 6) is 0. The van der Waals surface area contributed by atoms with Gasteiger partial charge in [0.05, 0.1) is 19.1 Å². The summed E-state index contributed by atoms with van der Waals surface area (Å²) in [4.78, 5) is 0. The zero-order valence-corrected chi connectivity index (χ0v) is 5.08. The van der Waals surface area contributed by atoms with E-state index in [-0.39, 0.29) is 0 Å². The Kier molecular flexibility index (Phi) is 2.13. The quantitative estimate of drug-likeness (QED) is 0.326. The molecule has 0 aromatic heterocycles. The first-order valence-electron chi connectivity index (χ1n) is 2.91. The summed E-state index contributed by atoms with van der Waals surface area (Å²) in [5.41, 5.74) is 0.948. The topological polar surface area (TPSA) is 41.8 Å². The maximum atomic E-state index is 8.09. The Bertz CT molecular complexity index is 140. The summed E-state index contributed by atoms with van der Waals surface area (Å²) >= 11 is 0. The normalized spacial score (nSPS) is 19.3. The van der Waals surface area contributed by atoms with Gasteiger partial charge in [-0.05, 0) is 12.8 Å². The van der Waals surface area contributed by atoms with E-state index in [1.807, 2.05) is 0 Å². The smallest absolute Gasteiger partial charge is 0.0877 e. The Morgan fingerprint density at radius 1 is 1.78 bits per heavy atom. The van der Waals surface area contributed by atoms with Gasteiger partial charge in [0.25, 0.3) is 0 Å². The third kappa shape index (κ3) is 1.76. The molecular formula is C6H9NO2. The first kappa shape index (κ1) is 6.13. The van der Waals surface area contributed by atoms with Crippen LogP contribution in [-0.2, 0) is 4.74 Å². The highest BCUT2D eigenvalue weighted by atomic mass is 16.5. The third-order valence-corrected chi connectivity index (χ3v) is 1.19. The minimum Gasteiger partial charge on any atom is -0.501 e. The molecule has 3 heteroatoms. The van der Waals surface area contributed by atoms with Gasteiger partial charge < -0.3 is 9.94 Å². The fourth-order valence-corrected chi connectivity index (χ4v) is 0.754. The molecule has 1 heterocycles. The average molecular weight is 127 g/mol. The van der Waals surface area contributed by atoms with Gasteiger partial charge in [0.2, 0.25) is 0 Å². The van der Waals surface area contributed by atoms with E-state index in [0.717, 1.165) is 25.0 Å². The van der Waals surface area contributed by atoms with Crippen LogP contribution in [-0.4, -0.2) is 18.0 Å². The zero-order chi connectivity index (χ0) is 6.53. The van der Waals surface area contributed by atoms with Gasteiger partial charge in [-0.25, -0.2) is 0 Å². The molecule has 1 aliphatic heterocycles. The van der Waals surface area contributed by atoms with Gasteiger partial charge in [-0.15, -0.1) is 0 Å². The molecule has 1 N–H and O–H groups in total. The van der Waals surface area contributed by atoms with E-state index in [2.05, 4.69) is 5.16 Å². The molecular weight excluding hydrogens is 118 g/mol. The molecule has 0 aliphatic carbocycles. The van der Waals surface area contributed by atoms with Gasteiger partial charge in [-0.1, -0.05) is 5.16 Å². The van der Waals surface area contributed by atoms with E-state index >= 15 is 0 Å². The maximum Gasteiger partial charge on any atom is 0.0877 e. The van der Waals surface area contributed by atoms with Crippen molar-refractivity contribution in [1.82, 2.24) is 0 Å². The van der Waals surface area contributed by atoms with Gasteiger partial charge in [-0.3, -0.25) is 0 Å². The van der Waals surface area contributed by atoms with Crippen LogP contribution in [0.5, 0.6) is 0 Å². The van der Waals surface area contributed by atoms with E-state index in [9.17, 15) is 0 Å². The molecule has 0 fully saturated rings. The van der Waals surface area contributed by atoms with E-state index in [1.54, 1.807) is 6.26 Å². The van der Waals surface area contributed by atoms with Gasteiger partial charge in [0, 0.05) is 5.57 Å². The fourth-order valence-electron chi connectivity index (χ4n) is 0.754. The van der Waals surface area contributed by atoms with E-state index < -0.39 is 0 Å². The Hall–Kier alpha value is -0.990. The molecule has 0 saturated heterocycles. The highest BCUT2D eigenvalue weighted by Gasteiger charge is 1.99. The van der Waals surface area contributed by atoms with Crippen LogP contribution >= 0.6 is 0 Å². The van der Waals surface area contributed by atoms with Crippen molar-refractivity contribution in [2.24, 2.45) is 5.16 Å². The standard InChI is InChI=1S/C6H9NO2/c8-7-4-6-2-1-3-9-5-6/h4-5,8H,1-3H2. The average Bonchev–Trinajstić information content (AvgIpc) is 1.91. The van der Waals surface area contributed by atoms with Crippen molar-refractivity contribution in [1.29, 1.82) is 0 Å². The second-order valence-electron chi connectivity index (χ2n) is 1.91. The van der Waals surface area contributed by atoms with Crippen LogP contribution in [0.3, 0.4) is 0 Å². The highest BCUT2D eigenvalue weighted by Crippen LogP contribution is 2.08. The summed E-state index contributed by atoms with van der Waals surface area (Å²) < 4.78 is 4.97. The van der Waals surface area contributed by atoms with Crippen molar-refractivity contribution >= 4 is 6.21 Å². The summed E-state index contributed by atoms with van der Waals surface area (Å²) in [6.45, 7) is 0.781. The lowest BCUT2D eigenvalue weighted by Gasteiger charge is -2.08. The second kappa shape index (κ2) is 3.12. The lowest BCUT2D eigenvalue weighted by molar-refractivity contribution is 0.228. The van der Waals surface area contributed by atoms with Crippen LogP contribution in [0.2, 0.25) is 0 Å². The highest BCUT2D eigenvalue weighted by molar-refractivity contribution is 5.77. The van der Waals surface area contributed by atoms with Crippen LogP contribution in [0.25, 0.3) is 0 Å². The van der Waals surface area contributed by atoms with Crippen LogP contribution < -0.4 is 0 Å². The number of hydrogen-bond donors (Lipinski definition) is 1. The van der Waals surface area contributed by atoms with Crippen molar-refractivity contribution in [3.8, 4) is 0 Å². The van der Waals surface area contributed by atoms with Crippen LogP contribution in [0.1, 0.15) is 12.8 Å². The lowest BCUT2D eigenvalue weighted by Crippen LogP contribution is -1.99. The number of oxime groups is 1. The summed E-state index contributed by atoms with van der Waals surface area (Å²) in [6, 6.07) is 0. The van der Waals surface area contributed by atoms with Gasteiger partial charge in [0.15, 0.2) is 0 Å². The molecule has 1 rings (SSSR count). The Morgan fingerprint density at radius 2 is 2.67 bits per heavy atom. The van der Waals surface area contributed by atoms with Crippen molar-refractivity contribution in [2.75, 3.05) is 6.61 Å². The molecule has 0 unspecified atom stereocenters. The SMILES string of the molecule is ON=CC1=COCCC1. The number of ether oxygens (including phenoxy) is 1. The van der Waals surface area contributed by atoms with Crippen LogP contribution in [0, 0.1) is 0 Å². The predicted molar refractivity (Wildman–Crippen MR) is 33.5 cm³/mol. The Morgan fingerprint density at radius 3 is 3.22 bits per heavy atom. The number of allylic oxidation sites excluding steroid dienone is 1. The molecule has 9 heavy (non-hydrogen) atoms. The predicted octanol–water partition coefficient (Wildman–Crippen LogP) is 1.14. The first-order chi connectivity index (χ1) is 4.43. The molecule has 0 spiro atoms. The van der Waals surface area contributed by atoms with E-state index in [1.165, 1.54) is 6.21 Å². The molecule has 0 saturated carbocycles. The number of hydrogen-bond acceptors (Lipinski definition) is 3. The van der Waals surface area contributed by atoms with Crippen molar-refractivity contribution in [3.63, 3.8) is 0 Å². The largest absolute Gasteiger partial charge is 0.501 e. The molecule has 0 atom stereocenters. The molecule has 0 amide bonds. The van der Waals surface area contributed by atoms with Gasteiger partial charge in [0.1, 0.15) is 0 Å². The maximum absolute atomic E-state index is 8.09. The molecule has 50 valence electrons. The Labute approximate surface area is 53.6 Å². The van der Waals surface area contributed by atoms with Crippen molar-refractivity contribution < 1.29 is 9.94 Å². The Balaban J connectivity index is 2.46. The minimum absolute atomic E-state index is 0.781. The molecule has 3 nitrogen and oxygen atoms in total. The summed E-state index contributed by atoms with van der Waals surface area (Å²) in [5, 5.41) is 11.0. The number of rotatable bonds is 1. The van der Waals surface area contributed by atoms with E-state index in [0.29, 0.717) is 0 Å².